The molecule has 1 saturated heterocycles. The number of carbonyl (C=O) groups is 2. The van der Waals surface area contributed by atoms with Crippen molar-refractivity contribution in [2.75, 3.05) is 24.7 Å². The van der Waals surface area contributed by atoms with Gasteiger partial charge in [0, 0.05) is 18.1 Å². The average molecular weight is 443 g/mol. The van der Waals surface area contributed by atoms with E-state index in [0.717, 1.165) is 5.56 Å². The number of hydrogen-bond acceptors (Lipinski definition) is 6. The summed E-state index contributed by atoms with van der Waals surface area (Å²) in [6.45, 7) is 7.95. The summed E-state index contributed by atoms with van der Waals surface area (Å²) < 4.78 is 32.6. The van der Waals surface area contributed by atoms with Crippen LogP contribution in [0.3, 0.4) is 0 Å². The summed E-state index contributed by atoms with van der Waals surface area (Å²) in [6.07, 6.45) is 0.426. The van der Waals surface area contributed by atoms with Crippen LogP contribution in [0.2, 0.25) is 0 Å². The molecule has 2 rings (SSSR count). The molecule has 0 saturated carbocycles. The molecule has 1 N–H and O–H groups in total. The average Bonchev–Trinajstić information content (AvgIpc) is 2.67. The molecule has 1 fully saturated rings. The van der Waals surface area contributed by atoms with Crippen LogP contribution in [0.1, 0.15) is 32.8 Å². The van der Waals surface area contributed by atoms with E-state index in [1.165, 1.54) is 16.1 Å². The summed E-state index contributed by atoms with van der Waals surface area (Å²) in [6, 6.07) is 4.92. The molecule has 0 aliphatic carbocycles. The number of rotatable bonds is 8. The lowest BCUT2D eigenvalue weighted by atomic mass is 10.0. The highest BCUT2D eigenvalue weighted by Gasteiger charge is 2.39. The highest BCUT2D eigenvalue weighted by atomic mass is 32.2. The summed E-state index contributed by atoms with van der Waals surface area (Å²) >= 11 is 1.53. The van der Waals surface area contributed by atoms with E-state index in [-0.39, 0.29) is 24.0 Å². The van der Waals surface area contributed by atoms with E-state index in [9.17, 15) is 18.0 Å². The SMILES string of the molecule is CCOC(=O)[C@@H](CC(C)C)NC(=O)[C@@H]1CSCCN1S(=O)(=O)c1ccc(C)cc1. The minimum Gasteiger partial charge on any atom is -0.464 e. The van der Waals surface area contributed by atoms with Gasteiger partial charge in [-0.1, -0.05) is 31.5 Å². The van der Waals surface area contributed by atoms with Crippen molar-refractivity contribution in [1.82, 2.24) is 9.62 Å². The molecule has 1 aliphatic rings. The first-order chi connectivity index (χ1) is 13.7. The van der Waals surface area contributed by atoms with Gasteiger partial charge in [-0.05, 0) is 38.3 Å². The number of nitrogens with zero attached hydrogens (tertiary/aromatic N) is 1. The zero-order chi connectivity index (χ0) is 21.6. The Hall–Kier alpha value is -1.58. The number of nitrogens with one attached hydrogen (secondary N) is 1. The minimum atomic E-state index is -3.82. The smallest absolute Gasteiger partial charge is 0.328 e. The molecule has 0 aromatic heterocycles. The molecule has 0 spiro atoms. The zero-order valence-corrected chi connectivity index (χ0v) is 19.0. The number of hydrogen-bond donors (Lipinski definition) is 1. The van der Waals surface area contributed by atoms with Crippen LogP contribution in [0, 0.1) is 12.8 Å². The molecule has 7 nitrogen and oxygen atoms in total. The largest absolute Gasteiger partial charge is 0.464 e. The van der Waals surface area contributed by atoms with Gasteiger partial charge in [0.25, 0.3) is 0 Å². The van der Waals surface area contributed by atoms with Crippen molar-refractivity contribution >= 4 is 33.7 Å². The number of ether oxygens (including phenoxy) is 1. The number of amides is 1. The Kier molecular flexibility index (Phi) is 8.54. The van der Waals surface area contributed by atoms with E-state index in [0.29, 0.717) is 17.9 Å². The maximum absolute atomic E-state index is 13.2. The van der Waals surface area contributed by atoms with Crippen molar-refractivity contribution in [2.24, 2.45) is 5.92 Å². The van der Waals surface area contributed by atoms with Crippen molar-refractivity contribution in [3.05, 3.63) is 29.8 Å². The summed E-state index contributed by atoms with van der Waals surface area (Å²) in [5.41, 5.74) is 0.957. The Bertz CT molecular complexity index is 809. The summed E-state index contributed by atoms with van der Waals surface area (Å²) in [4.78, 5) is 25.4. The van der Waals surface area contributed by atoms with Crippen LogP contribution in [0.25, 0.3) is 0 Å². The van der Waals surface area contributed by atoms with Crippen molar-refractivity contribution in [3.8, 4) is 0 Å². The predicted octanol–water partition coefficient (Wildman–Crippen LogP) is 2.20. The number of sulfonamides is 1. The molecule has 1 heterocycles. The van der Waals surface area contributed by atoms with Crippen LogP contribution in [0.5, 0.6) is 0 Å². The highest BCUT2D eigenvalue weighted by Crippen LogP contribution is 2.25. The summed E-state index contributed by atoms with van der Waals surface area (Å²) in [7, 11) is -3.82. The number of esters is 1. The second kappa shape index (κ2) is 10.4. The topological polar surface area (TPSA) is 92.8 Å². The number of aryl methyl sites for hydroxylation is 1. The lowest BCUT2D eigenvalue weighted by molar-refractivity contribution is -0.148. The van der Waals surface area contributed by atoms with Gasteiger partial charge in [0.1, 0.15) is 12.1 Å². The quantitative estimate of drug-likeness (QED) is 0.621. The molecule has 0 bridgehead atoms. The Morgan fingerprint density at radius 1 is 1.28 bits per heavy atom. The van der Waals surface area contributed by atoms with E-state index in [1.807, 2.05) is 20.8 Å². The molecule has 1 amide bonds. The molecule has 9 heteroatoms. The lowest BCUT2D eigenvalue weighted by Gasteiger charge is -2.34. The maximum Gasteiger partial charge on any atom is 0.328 e. The normalized spacial score (nSPS) is 19.0. The molecule has 1 aliphatic heterocycles. The minimum absolute atomic E-state index is 0.164. The maximum atomic E-state index is 13.2. The number of thioether (sulfide) groups is 1. The van der Waals surface area contributed by atoms with Gasteiger partial charge in [-0.15, -0.1) is 0 Å². The lowest BCUT2D eigenvalue weighted by Crippen LogP contribution is -2.56. The monoisotopic (exact) mass is 442 g/mol. The van der Waals surface area contributed by atoms with E-state index in [1.54, 1.807) is 31.2 Å². The van der Waals surface area contributed by atoms with Crippen molar-refractivity contribution in [1.29, 1.82) is 0 Å². The van der Waals surface area contributed by atoms with Gasteiger partial charge in [0.05, 0.1) is 11.5 Å². The van der Waals surface area contributed by atoms with Gasteiger partial charge < -0.3 is 10.1 Å². The molecular weight excluding hydrogens is 412 g/mol. The van der Waals surface area contributed by atoms with E-state index >= 15 is 0 Å². The molecule has 2 atom stereocenters. The third kappa shape index (κ3) is 6.20. The van der Waals surface area contributed by atoms with Crippen LogP contribution in [0.15, 0.2) is 29.2 Å². The first-order valence-electron chi connectivity index (χ1n) is 9.80. The fourth-order valence-corrected chi connectivity index (χ4v) is 5.97. The van der Waals surface area contributed by atoms with Crippen LogP contribution in [-0.2, 0) is 24.3 Å². The van der Waals surface area contributed by atoms with Gasteiger partial charge in [-0.2, -0.15) is 16.1 Å². The number of benzene rings is 1. The van der Waals surface area contributed by atoms with E-state index in [2.05, 4.69) is 5.32 Å². The van der Waals surface area contributed by atoms with E-state index < -0.39 is 34.0 Å². The standard InChI is InChI=1S/C20H30N2O5S2/c1-5-27-20(24)17(12-14(2)3)21-19(23)18-13-28-11-10-22(18)29(25,26)16-8-6-15(4)7-9-16/h6-9,14,17-18H,5,10-13H2,1-4H3,(H,21,23)/t17-,18+/m1/s1. The second-order valence-electron chi connectivity index (χ2n) is 7.46. The van der Waals surface area contributed by atoms with Crippen LogP contribution >= 0.6 is 11.8 Å². The van der Waals surface area contributed by atoms with Gasteiger partial charge in [0.2, 0.25) is 15.9 Å². The third-order valence-corrected chi connectivity index (χ3v) is 7.55. The van der Waals surface area contributed by atoms with Crippen molar-refractivity contribution in [2.45, 2.75) is 51.1 Å². The zero-order valence-electron chi connectivity index (χ0n) is 17.4. The fourth-order valence-electron chi connectivity index (χ4n) is 3.12. The Morgan fingerprint density at radius 3 is 2.52 bits per heavy atom. The Morgan fingerprint density at radius 2 is 1.93 bits per heavy atom. The van der Waals surface area contributed by atoms with Crippen molar-refractivity contribution in [3.63, 3.8) is 0 Å². The highest BCUT2D eigenvalue weighted by molar-refractivity contribution is 7.99. The molecule has 162 valence electrons. The molecular formula is C20H30N2O5S2. The van der Waals surface area contributed by atoms with Gasteiger partial charge in [0.15, 0.2) is 0 Å². The van der Waals surface area contributed by atoms with Gasteiger partial charge in [-0.3, -0.25) is 4.79 Å². The van der Waals surface area contributed by atoms with Crippen LogP contribution < -0.4 is 5.32 Å². The predicted molar refractivity (Wildman–Crippen MR) is 114 cm³/mol. The van der Waals surface area contributed by atoms with Gasteiger partial charge in [-0.25, -0.2) is 13.2 Å². The first-order valence-corrected chi connectivity index (χ1v) is 12.4. The molecule has 1 aromatic rings. The van der Waals surface area contributed by atoms with Crippen molar-refractivity contribution < 1.29 is 22.7 Å². The Balaban J connectivity index is 2.23. The molecule has 0 radical (unpaired) electrons. The molecule has 1 aromatic carbocycles. The van der Waals surface area contributed by atoms with Crippen LogP contribution in [0.4, 0.5) is 0 Å². The third-order valence-electron chi connectivity index (χ3n) is 4.60. The molecule has 0 unspecified atom stereocenters. The summed E-state index contributed by atoms with van der Waals surface area (Å²) in [5, 5.41) is 2.73. The van der Waals surface area contributed by atoms with Gasteiger partial charge >= 0.3 is 5.97 Å². The second-order valence-corrected chi connectivity index (χ2v) is 10.5. The van der Waals surface area contributed by atoms with E-state index in [4.69, 9.17) is 4.74 Å². The Labute approximate surface area is 177 Å². The van der Waals surface area contributed by atoms with Crippen LogP contribution in [-0.4, -0.2) is 61.3 Å². The summed E-state index contributed by atoms with van der Waals surface area (Å²) in [5.74, 6) is 0.159. The fraction of sp³-hybridized carbons (Fsp3) is 0.600. The molecule has 29 heavy (non-hydrogen) atoms. The first kappa shape index (κ1) is 23.7. The number of carbonyl (C=O) groups excluding carboxylic acids is 2.